The number of phenols is 1. The smallest absolute Gasteiger partial charge is 0.240 e. The van der Waals surface area contributed by atoms with Crippen molar-refractivity contribution in [2.75, 3.05) is 11.9 Å². The molecule has 2 rings (SSSR count). The van der Waals surface area contributed by atoms with Crippen LogP contribution < -0.4 is 15.5 Å². The maximum atomic E-state index is 11.9. The van der Waals surface area contributed by atoms with E-state index in [0.717, 1.165) is 0 Å². The minimum atomic E-state index is -0.453. The van der Waals surface area contributed by atoms with Gasteiger partial charge in [-0.2, -0.15) is 5.10 Å². The highest BCUT2D eigenvalue weighted by atomic mass is 35.5. The molecule has 3 N–H and O–H groups in total. The van der Waals surface area contributed by atoms with Crippen LogP contribution in [-0.2, 0) is 9.59 Å². The Labute approximate surface area is 172 Å². The number of benzene rings is 2. The fraction of sp³-hybridized carbons (Fsp3) is 0.211. The first kappa shape index (κ1) is 21.5. The fourth-order valence-corrected chi connectivity index (χ4v) is 2.67. The molecule has 0 unspecified atom stereocenters. The first-order chi connectivity index (χ1) is 13.4. The maximum Gasteiger partial charge on any atom is 0.240 e. The Morgan fingerprint density at radius 3 is 2.50 bits per heavy atom. The van der Waals surface area contributed by atoms with Crippen molar-refractivity contribution in [2.45, 2.75) is 19.8 Å². The van der Waals surface area contributed by atoms with Gasteiger partial charge in [0.25, 0.3) is 0 Å². The summed E-state index contributed by atoms with van der Waals surface area (Å²) in [5.41, 5.74) is 3.14. The number of nitrogens with one attached hydrogen (secondary N) is 2. The molecule has 0 saturated carbocycles. The fourth-order valence-electron chi connectivity index (χ4n) is 2.17. The highest BCUT2D eigenvalue weighted by molar-refractivity contribution is 6.36. The number of carbonyl (C=O) groups excluding carboxylic acids is 2. The molecule has 0 aliphatic heterocycles. The van der Waals surface area contributed by atoms with E-state index in [4.69, 9.17) is 27.9 Å². The van der Waals surface area contributed by atoms with Crippen LogP contribution in [0.1, 0.15) is 25.3 Å². The second-order valence-corrected chi connectivity index (χ2v) is 6.47. The molecule has 0 saturated heterocycles. The van der Waals surface area contributed by atoms with Crippen LogP contribution in [0, 0.1) is 0 Å². The number of hydrogen-bond donors (Lipinski definition) is 3. The van der Waals surface area contributed by atoms with Crippen LogP contribution in [0.25, 0.3) is 0 Å². The van der Waals surface area contributed by atoms with Crippen LogP contribution >= 0.6 is 23.2 Å². The third kappa shape index (κ3) is 6.75. The van der Waals surface area contributed by atoms with Crippen LogP contribution in [0.2, 0.25) is 10.0 Å². The van der Waals surface area contributed by atoms with Gasteiger partial charge in [-0.1, -0.05) is 23.2 Å². The molecular formula is C19H19Cl2N3O4. The van der Waals surface area contributed by atoms with E-state index < -0.39 is 5.91 Å². The molecule has 0 radical (unpaired) electrons. The van der Waals surface area contributed by atoms with Crippen molar-refractivity contribution >= 4 is 46.9 Å². The lowest BCUT2D eigenvalue weighted by Gasteiger charge is -2.07. The molecule has 0 aliphatic rings. The number of hydrogen-bond acceptors (Lipinski definition) is 5. The quantitative estimate of drug-likeness (QED) is 0.441. The summed E-state index contributed by atoms with van der Waals surface area (Å²) in [7, 11) is 0. The van der Waals surface area contributed by atoms with E-state index in [1.807, 2.05) is 6.92 Å². The van der Waals surface area contributed by atoms with Crippen LogP contribution in [-0.4, -0.2) is 29.7 Å². The topological polar surface area (TPSA) is 100 Å². The molecule has 0 bridgehead atoms. The molecule has 0 heterocycles. The Morgan fingerprint density at radius 1 is 1.14 bits per heavy atom. The van der Waals surface area contributed by atoms with Gasteiger partial charge in [-0.25, -0.2) is 5.43 Å². The Balaban J connectivity index is 1.78. The summed E-state index contributed by atoms with van der Waals surface area (Å²) in [5.74, 6) is -0.239. The van der Waals surface area contributed by atoms with E-state index in [-0.39, 0.29) is 35.1 Å². The number of halogens is 2. The van der Waals surface area contributed by atoms with Crippen LogP contribution in [0.4, 0.5) is 5.69 Å². The van der Waals surface area contributed by atoms with E-state index in [1.165, 1.54) is 18.3 Å². The van der Waals surface area contributed by atoms with Gasteiger partial charge >= 0.3 is 0 Å². The van der Waals surface area contributed by atoms with Crippen molar-refractivity contribution in [3.63, 3.8) is 0 Å². The van der Waals surface area contributed by atoms with E-state index in [2.05, 4.69) is 15.8 Å². The summed E-state index contributed by atoms with van der Waals surface area (Å²) < 4.78 is 5.33. The Bertz CT molecular complexity index is 870. The minimum absolute atomic E-state index is 0.0111. The summed E-state index contributed by atoms with van der Waals surface area (Å²) in [6, 6.07) is 9.77. The first-order valence-corrected chi connectivity index (χ1v) is 9.17. The van der Waals surface area contributed by atoms with Crippen molar-refractivity contribution in [1.29, 1.82) is 0 Å². The largest absolute Gasteiger partial charge is 0.506 e. The Kier molecular flexibility index (Phi) is 8.10. The van der Waals surface area contributed by atoms with Crippen LogP contribution in [0.3, 0.4) is 0 Å². The van der Waals surface area contributed by atoms with Crippen molar-refractivity contribution in [3.05, 3.63) is 52.0 Å². The van der Waals surface area contributed by atoms with Crippen LogP contribution in [0.5, 0.6) is 11.5 Å². The third-order valence-electron chi connectivity index (χ3n) is 3.48. The minimum Gasteiger partial charge on any atom is -0.506 e. The van der Waals surface area contributed by atoms with Crippen molar-refractivity contribution in [2.24, 2.45) is 5.10 Å². The number of amides is 2. The number of rotatable bonds is 8. The number of hydrazone groups is 1. The molecule has 0 fully saturated rings. The van der Waals surface area contributed by atoms with Crippen molar-refractivity contribution < 1.29 is 19.4 Å². The number of phenolic OH excluding ortho intramolecular Hbond substituents is 1. The molecule has 2 aromatic carbocycles. The highest BCUT2D eigenvalue weighted by Gasteiger charge is 2.08. The van der Waals surface area contributed by atoms with Gasteiger partial charge in [0.1, 0.15) is 11.5 Å². The number of nitrogens with zero attached hydrogens (tertiary/aromatic N) is 1. The summed E-state index contributed by atoms with van der Waals surface area (Å²) >= 11 is 11.6. The van der Waals surface area contributed by atoms with E-state index in [1.54, 1.807) is 24.3 Å². The summed E-state index contributed by atoms with van der Waals surface area (Å²) in [4.78, 5) is 23.7. The van der Waals surface area contributed by atoms with E-state index >= 15 is 0 Å². The van der Waals surface area contributed by atoms with Gasteiger partial charge in [0.2, 0.25) is 11.8 Å². The lowest BCUT2D eigenvalue weighted by atomic mass is 10.2. The predicted molar refractivity (Wildman–Crippen MR) is 109 cm³/mol. The van der Waals surface area contributed by atoms with Gasteiger partial charge in [-0.05, 0) is 43.3 Å². The Morgan fingerprint density at radius 2 is 1.82 bits per heavy atom. The standard InChI is InChI=1S/C19H19Cl2N3O4/c1-2-28-15-5-3-14(4-6-15)23-17(25)7-8-18(26)24-22-11-12-9-13(20)10-16(21)19(12)27/h3-6,9-11,27H,2,7-8H2,1H3,(H,23,25)(H,24,26). The molecule has 2 aromatic rings. The van der Waals surface area contributed by atoms with Gasteiger partial charge in [-0.15, -0.1) is 0 Å². The first-order valence-electron chi connectivity index (χ1n) is 8.41. The van der Waals surface area contributed by atoms with Crippen molar-refractivity contribution in [3.8, 4) is 11.5 Å². The van der Waals surface area contributed by atoms with Gasteiger partial charge in [0, 0.05) is 29.1 Å². The van der Waals surface area contributed by atoms with Gasteiger partial charge in [0.15, 0.2) is 0 Å². The molecule has 28 heavy (non-hydrogen) atoms. The molecule has 0 spiro atoms. The van der Waals surface area contributed by atoms with Gasteiger partial charge in [0.05, 0.1) is 17.8 Å². The SMILES string of the molecule is CCOc1ccc(NC(=O)CCC(=O)NN=Cc2cc(Cl)cc(Cl)c2O)cc1. The van der Waals surface area contributed by atoms with Crippen LogP contribution in [0.15, 0.2) is 41.5 Å². The summed E-state index contributed by atoms with van der Waals surface area (Å²) in [5, 5.41) is 16.6. The third-order valence-corrected chi connectivity index (χ3v) is 3.99. The average Bonchev–Trinajstić information content (AvgIpc) is 2.65. The molecule has 0 aromatic heterocycles. The Hall–Kier alpha value is -2.77. The molecule has 0 aliphatic carbocycles. The predicted octanol–water partition coefficient (Wildman–Crippen LogP) is 3.97. The normalized spacial score (nSPS) is 10.7. The molecule has 9 heteroatoms. The molecular weight excluding hydrogens is 405 g/mol. The number of ether oxygens (including phenoxy) is 1. The molecule has 7 nitrogen and oxygen atoms in total. The highest BCUT2D eigenvalue weighted by Crippen LogP contribution is 2.29. The molecule has 0 atom stereocenters. The summed E-state index contributed by atoms with van der Waals surface area (Å²) in [6.07, 6.45) is 1.15. The zero-order valence-corrected chi connectivity index (χ0v) is 16.5. The zero-order chi connectivity index (χ0) is 20.5. The number of aromatic hydroxyl groups is 1. The molecule has 2 amide bonds. The lowest BCUT2D eigenvalue weighted by molar-refractivity contribution is -0.124. The number of carbonyl (C=O) groups is 2. The zero-order valence-electron chi connectivity index (χ0n) is 15.0. The van der Waals surface area contributed by atoms with Gasteiger partial charge < -0.3 is 15.2 Å². The summed E-state index contributed by atoms with van der Waals surface area (Å²) in [6.45, 7) is 2.45. The monoisotopic (exact) mass is 423 g/mol. The maximum absolute atomic E-state index is 11.9. The lowest BCUT2D eigenvalue weighted by Crippen LogP contribution is -2.20. The van der Waals surface area contributed by atoms with E-state index in [0.29, 0.717) is 23.1 Å². The second kappa shape index (κ2) is 10.5. The van der Waals surface area contributed by atoms with E-state index in [9.17, 15) is 14.7 Å². The second-order valence-electron chi connectivity index (χ2n) is 5.62. The average molecular weight is 424 g/mol. The number of anilines is 1. The van der Waals surface area contributed by atoms with Gasteiger partial charge in [-0.3, -0.25) is 9.59 Å². The molecule has 148 valence electrons. The van der Waals surface area contributed by atoms with Crippen molar-refractivity contribution in [1.82, 2.24) is 5.43 Å².